The minimum atomic E-state index is -2.27. The molecule has 0 radical (unpaired) electrons. The van der Waals surface area contributed by atoms with Gasteiger partial charge in [0.05, 0.1) is 12.4 Å². The zero-order valence-electron chi connectivity index (χ0n) is 10.4. The monoisotopic (exact) mass is 235 g/mol. The second-order valence-corrected chi connectivity index (χ2v) is 4.91. The van der Waals surface area contributed by atoms with Crippen LogP contribution in [0.3, 0.4) is 0 Å². The highest BCUT2D eigenvalue weighted by atomic mass is 19.3. The third-order valence-corrected chi connectivity index (χ3v) is 2.77. The van der Waals surface area contributed by atoms with Crippen molar-refractivity contribution in [1.29, 1.82) is 5.41 Å². The molecule has 16 heavy (non-hydrogen) atoms. The fourth-order valence-corrected chi connectivity index (χ4v) is 1.41. The average molecular weight is 235 g/mol. The maximum Gasteiger partial charge on any atom is 0.251 e. The number of unbranched alkanes of at least 4 members (excludes halogenated alkanes) is 1. The number of hydrogen-bond acceptors (Lipinski definition) is 2. The average Bonchev–Trinajstić information content (AvgIpc) is 2.11. The SMILES string of the molecule is CN(CCCCC(C)(C)C(=N)N)CC(F)F. The largest absolute Gasteiger partial charge is 0.387 e. The number of halogens is 2. The topological polar surface area (TPSA) is 53.1 Å². The van der Waals surface area contributed by atoms with E-state index in [4.69, 9.17) is 11.1 Å². The quantitative estimate of drug-likeness (QED) is 0.385. The summed E-state index contributed by atoms with van der Waals surface area (Å²) in [5.41, 5.74) is 5.18. The van der Waals surface area contributed by atoms with Crippen LogP contribution in [-0.2, 0) is 0 Å². The zero-order valence-corrected chi connectivity index (χ0v) is 10.4. The third kappa shape index (κ3) is 6.71. The molecule has 3 nitrogen and oxygen atoms in total. The van der Waals surface area contributed by atoms with E-state index >= 15 is 0 Å². The molecule has 96 valence electrons. The first-order valence-electron chi connectivity index (χ1n) is 5.57. The molecule has 0 rings (SSSR count). The number of hydrogen-bond donors (Lipinski definition) is 2. The van der Waals surface area contributed by atoms with Gasteiger partial charge in [-0.1, -0.05) is 20.3 Å². The van der Waals surface area contributed by atoms with Gasteiger partial charge in [-0.25, -0.2) is 8.78 Å². The molecule has 0 spiro atoms. The fraction of sp³-hybridized carbons (Fsp3) is 0.909. The lowest BCUT2D eigenvalue weighted by Crippen LogP contribution is -2.31. The molecule has 0 atom stereocenters. The molecule has 0 aromatic carbocycles. The van der Waals surface area contributed by atoms with Crippen molar-refractivity contribution in [3.8, 4) is 0 Å². The van der Waals surface area contributed by atoms with E-state index in [1.54, 1.807) is 11.9 Å². The second-order valence-electron chi connectivity index (χ2n) is 4.91. The second kappa shape index (κ2) is 6.78. The summed E-state index contributed by atoms with van der Waals surface area (Å²) in [5.74, 6) is 0.188. The molecular weight excluding hydrogens is 212 g/mol. The molecule has 0 saturated heterocycles. The van der Waals surface area contributed by atoms with Crippen LogP contribution < -0.4 is 5.73 Å². The number of alkyl halides is 2. The van der Waals surface area contributed by atoms with Crippen LogP contribution >= 0.6 is 0 Å². The summed E-state index contributed by atoms with van der Waals surface area (Å²) in [4.78, 5) is 1.63. The summed E-state index contributed by atoms with van der Waals surface area (Å²) in [7, 11) is 1.70. The minimum Gasteiger partial charge on any atom is -0.387 e. The lowest BCUT2D eigenvalue weighted by atomic mass is 9.86. The van der Waals surface area contributed by atoms with Gasteiger partial charge in [-0.15, -0.1) is 0 Å². The van der Waals surface area contributed by atoms with Gasteiger partial charge in [0.25, 0.3) is 6.43 Å². The zero-order chi connectivity index (χ0) is 12.8. The predicted octanol–water partition coefficient (Wildman–Crippen LogP) is 2.32. The summed E-state index contributed by atoms with van der Waals surface area (Å²) in [6, 6.07) is 0. The van der Waals surface area contributed by atoms with Crippen LogP contribution in [-0.4, -0.2) is 37.3 Å². The van der Waals surface area contributed by atoms with Crippen LogP contribution in [0.15, 0.2) is 0 Å². The van der Waals surface area contributed by atoms with Crippen molar-refractivity contribution in [2.75, 3.05) is 20.1 Å². The van der Waals surface area contributed by atoms with Gasteiger partial charge in [-0.2, -0.15) is 0 Å². The van der Waals surface area contributed by atoms with Crippen molar-refractivity contribution in [3.05, 3.63) is 0 Å². The lowest BCUT2D eigenvalue weighted by Gasteiger charge is -2.23. The van der Waals surface area contributed by atoms with Crippen LogP contribution in [0.2, 0.25) is 0 Å². The smallest absolute Gasteiger partial charge is 0.251 e. The molecule has 0 bridgehead atoms. The Balaban J connectivity index is 3.64. The Kier molecular flexibility index (Phi) is 6.48. The molecule has 5 heteroatoms. The van der Waals surface area contributed by atoms with Gasteiger partial charge >= 0.3 is 0 Å². The van der Waals surface area contributed by atoms with Crippen LogP contribution in [0.4, 0.5) is 8.78 Å². The highest BCUT2D eigenvalue weighted by Gasteiger charge is 2.20. The molecule has 0 aromatic rings. The van der Waals surface area contributed by atoms with E-state index in [1.807, 2.05) is 13.8 Å². The Labute approximate surface area is 96.5 Å². The Bertz CT molecular complexity index is 217. The Morgan fingerprint density at radius 1 is 1.38 bits per heavy atom. The molecule has 3 N–H and O–H groups in total. The molecule has 0 heterocycles. The van der Waals surface area contributed by atoms with E-state index in [1.165, 1.54) is 0 Å². The molecule has 0 saturated carbocycles. The van der Waals surface area contributed by atoms with E-state index in [0.29, 0.717) is 6.54 Å². The van der Waals surface area contributed by atoms with Crippen molar-refractivity contribution in [2.45, 2.75) is 39.5 Å². The Hall–Kier alpha value is -0.710. The summed E-state index contributed by atoms with van der Waals surface area (Å²) in [6.45, 7) is 4.35. The number of nitrogens with zero attached hydrogens (tertiary/aromatic N) is 1. The maximum absolute atomic E-state index is 12.0. The first-order chi connectivity index (χ1) is 7.25. The summed E-state index contributed by atoms with van der Waals surface area (Å²) >= 11 is 0. The standard InChI is InChI=1S/C11H23F2N3/c1-11(2,10(14)15)6-4-5-7-16(3)8-9(12)13/h9H,4-8H2,1-3H3,(H3,14,15). The maximum atomic E-state index is 12.0. The number of nitrogens with two attached hydrogens (primary N) is 1. The van der Waals surface area contributed by atoms with Crippen LogP contribution in [0.1, 0.15) is 33.1 Å². The van der Waals surface area contributed by atoms with Crippen molar-refractivity contribution < 1.29 is 8.78 Å². The van der Waals surface area contributed by atoms with E-state index in [-0.39, 0.29) is 17.8 Å². The third-order valence-electron chi connectivity index (χ3n) is 2.77. The normalized spacial score (nSPS) is 12.4. The summed E-state index contributed by atoms with van der Waals surface area (Å²) in [6.07, 6.45) is 0.323. The van der Waals surface area contributed by atoms with Gasteiger partial charge in [0.1, 0.15) is 0 Å². The molecule has 0 aliphatic heterocycles. The van der Waals surface area contributed by atoms with Gasteiger partial charge in [0, 0.05) is 5.41 Å². The van der Waals surface area contributed by atoms with E-state index in [9.17, 15) is 8.78 Å². The molecule has 0 amide bonds. The van der Waals surface area contributed by atoms with Crippen molar-refractivity contribution >= 4 is 5.84 Å². The van der Waals surface area contributed by atoms with Crippen LogP contribution in [0.25, 0.3) is 0 Å². The van der Waals surface area contributed by atoms with Gasteiger partial charge < -0.3 is 10.6 Å². The minimum absolute atomic E-state index is 0.171. The highest BCUT2D eigenvalue weighted by molar-refractivity contribution is 5.82. The first kappa shape index (κ1) is 15.3. The van der Waals surface area contributed by atoms with Crippen LogP contribution in [0, 0.1) is 10.8 Å². The Morgan fingerprint density at radius 2 is 1.94 bits per heavy atom. The summed E-state index contributed by atoms with van der Waals surface area (Å²) in [5, 5.41) is 7.38. The van der Waals surface area contributed by atoms with Gasteiger partial charge in [0.2, 0.25) is 0 Å². The van der Waals surface area contributed by atoms with E-state index < -0.39 is 6.43 Å². The first-order valence-corrected chi connectivity index (χ1v) is 5.57. The van der Waals surface area contributed by atoms with Gasteiger partial charge in [0.15, 0.2) is 0 Å². The number of rotatable bonds is 8. The molecule has 0 aliphatic rings. The summed E-state index contributed by atoms with van der Waals surface area (Å²) < 4.78 is 24.0. The number of amidine groups is 1. The fourth-order valence-electron chi connectivity index (χ4n) is 1.41. The van der Waals surface area contributed by atoms with E-state index in [0.717, 1.165) is 19.3 Å². The van der Waals surface area contributed by atoms with Crippen molar-refractivity contribution in [3.63, 3.8) is 0 Å². The molecular formula is C11H23F2N3. The van der Waals surface area contributed by atoms with Crippen LogP contribution in [0.5, 0.6) is 0 Å². The Morgan fingerprint density at radius 3 is 2.38 bits per heavy atom. The lowest BCUT2D eigenvalue weighted by molar-refractivity contribution is 0.0993. The van der Waals surface area contributed by atoms with Crippen molar-refractivity contribution in [1.82, 2.24) is 4.90 Å². The molecule has 0 unspecified atom stereocenters. The number of nitrogens with one attached hydrogen (secondary N) is 1. The predicted molar refractivity (Wildman–Crippen MR) is 63.0 cm³/mol. The molecule has 0 fully saturated rings. The van der Waals surface area contributed by atoms with Gasteiger partial charge in [-0.3, -0.25) is 5.41 Å². The van der Waals surface area contributed by atoms with E-state index in [2.05, 4.69) is 0 Å². The highest BCUT2D eigenvalue weighted by Crippen LogP contribution is 2.22. The molecule has 0 aliphatic carbocycles. The van der Waals surface area contributed by atoms with Gasteiger partial charge in [-0.05, 0) is 26.4 Å². The van der Waals surface area contributed by atoms with Crippen molar-refractivity contribution in [2.24, 2.45) is 11.1 Å². The molecule has 0 aromatic heterocycles.